The second-order valence-electron chi connectivity index (χ2n) is 5.51. The number of rotatable bonds is 6. The molecule has 0 radical (unpaired) electrons. The number of hydrogen-bond donors (Lipinski definition) is 1. The number of hydrogen-bond acceptors (Lipinski definition) is 5. The number of benzene rings is 1. The number of aromatic nitrogens is 2. The highest BCUT2D eigenvalue weighted by Gasteiger charge is 2.21. The molecule has 25 heavy (non-hydrogen) atoms. The van der Waals surface area contributed by atoms with Crippen molar-refractivity contribution >= 4 is 29.3 Å². The average Bonchev–Trinajstić information content (AvgIpc) is 2.80. The summed E-state index contributed by atoms with van der Waals surface area (Å²) >= 11 is 1.03. The van der Waals surface area contributed by atoms with Crippen molar-refractivity contribution in [3.63, 3.8) is 0 Å². The normalized spacial score (nSPS) is 11.9. The number of ether oxygens (including phenoxy) is 1. The molecule has 1 atom stereocenters. The fourth-order valence-electron chi connectivity index (χ4n) is 2.16. The maximum Gasteiger partial charge on any atom is 0.317 e. The van der Waals surface area contributed by atoms with Crippen LogP contribution in [0.15, 0.2) is 29.2 Å². The molecule has 0 spiro atoms. The first-order valence-corrected chi connectivity index (χ1v) is 8.66. The van der Waals surface area contributed by atoms with Gasteiger partial charge in [-0.2, -0.15) is 5.10 Å². The molecule has 6 nitrogen and oxygen atoms in total. The minimum absolute atomic E-state index is 0.0799. The van der Waals surface area contributed by atoms with E-state index in [0.717, 1.165) is 17.5 Å². The molecule has 2 aromatic rings. The van der Waals surface area contributed by atoms with E-state index in [1.54, 1.807) is 36.9 Å². The number of anilines is 1. The Morgan fingerprint density at radius 1 is 1.36 bits per heavy atom. The van der Waals surface area contributed by atoms with E-state index in [1.807, 2.05) is 6.92 Å². The number of nitrogens with zero attached hydrogens (tertiary/aromatic N) is 2. The molecule has 0 fully saturated rings. The standard InChI is InChI=1S/C17H20FN3O3S/c1-10-16(11(2)21(4)20-10)19-17(23)12(3)24-15(22)9-25-14-8-6-5-7-13(14)18/h5-8,12H,9H2,1-4H3,(H,19,23)/t12-/m0/s1. The summed E-state index contributed by atoms with van der Waals surface area (Å²) < 4.78 is 20.3. The summed E-state index contributed by atoms with van der Waals surface area (Å²) in [5, 5.41) is 6.93. The van der Waals surface area contributed by atoms with Crippen LogP contribution in [0.25, 0.3) is 0 Å². The van der Waals surface area contributed by atoms with E-state index in [4.69, 9.17) is 4.74 Å². The molecule has 0 aliphatic carbocycles. The van der Waals surface area contributed by atoms with Gasteiger partial charge in [0.1, 0.15) is 5.82 Å². The van der Waals surface area contributed by atoms with Crippen molar-refractivity contribution in [1.82, 2.24) is 9.78 Å². The van der Waals surface area contributed by atoms with Crippen molar-refractivity contribution in [2.45, 2.75) is 31.8 Å². The Morgan fingerprint density at radius 2 is 2.04 bits per heavy atom. The van der Waals surface area contributed by atoms with Crippen molar-refractivity contribution in [3.05, 3.63) is 41.5 Å². The molecule has 1 aromatic carbocycles. The Balaban J connectivity index is 1.88. The smallest absolute Gasteiger partial charge is 0.317 e. The summed E-state index contributed by atoms with van der Waals surface area (Å²) in [6.07, 6.45) is -0.965. The van der Waals surface area contributed by atoms with Crippen LogP contribution < -0.4 is 5.32 Å². The molecule has 134 valence electrons. The van der Waals surface area contributed by atoms with Gasteiger partial charge < -0.3 is 10.1 Å². The van der Waals surface area contributed by atoms with Gasteiger partial charge in [-0.05, 0) is 32.9 Å². The van der Waals surface area contributed by atoms with E-state index < -0.39 is 23.8 Å². The largest absolute Gasteiger partial charge is 0.452 e. The van der Waals surface area contributed by atoms with Gasteiger partial charge in [-0.3, -0.25) is 14.3 Å². The van der Waals surface area contributed by atoms with Crippen LogP contribution in [-0.4, -0.2) is 33.5 Å². The topological polar surface area (TPSA) is 73.2 Å². The summed E-state index contributed by atoms with van der Waals surface area (Å²) in [6, 6.07) is 6.16. The zero-order valence-electron chi connectivity index (χ0n) is 14.5. The summed E-state index contributed by atoms with van der Waals surface area (Å²) in [5.41, 5.74) is 2.10. The SMILES string of the molecule is Cc1nn(C)c(C)c1NC(=O)[C@H](C)OC(=O)CSc1ccccc1F. The van der Waals surface area contributed by atoms with Crippen molar-refractivity contribution in [3.8, 4) is 0 Å². The quantitative estimate of drug-likeness (QED) is 0.629. The fourth-order valence-corrected chi connectivity index (χ4v) is 2.88. The number of carbonyl (C=O) groups is 2. The highest BCUT2D eigenvalue weighted by atomic mass is 32.2. The summed E-state index contributed by atoms with van der Waals surface area (Å²) in [7, 11) is 1.78. The van der Waals surface area contributed by atoms with Gasteiger partial charge in [-0.15, -0.1) is 11.8 Å². The van der Waals surface area contributed by atoms with E-state index in [-0.39, 0.29) is 5.75 Å². The molecule has 1 heterocycles. The Bertz CT molecular complexity index is 791. The van der Waals surface area contributed by atoms with Gasteiger partial charge in [-0.25, -0.2) is 4.39 Å². The highest BCUT2D eigenvalue weighted by Crippen LogP contribution is 2.22. The molecule has 0 unspecified atom stereocenters. The maximum atomic E-state index is 13.5. The molecule has 1 aromatic heterocycles. The summed E-state index contributed by atoms with van der Waals surface area (Å²) in [6.45, 7) is 5.10. The number of amides is 1. The van der Waals surface area contributed by atoms with E-state index in [1.165, 1.54) is 13.0 Å². The predicted octanol–water partition coefficient (Wildman–Crippen LogP) is 2.84. The van der Waals surface area contributed by atoms with Crippen LogP contribution in [0, 0.1) is 19.7 Å². The van der Waals surface area contributed by atoms with Crippen LogP contribution in [0.3, 0.4) is 0 Å². The Morgan fingerprint density at radius 3 is 2.64 bits per heavy atom. The lowest BCUT2D eigenvalue weighted by molar-refractivity contribution is -0.150. The van der Waals surface area contributed by atoms with Crippen LogP contribution in [-0.2, 0) is 21.4 Å². The molecular formula is C17H20FN3O3S. The fraction of sp³-hybridized carbons (Fsp3) is 0.353. The average molecular weight is 365 g/mol. The molecule has 0 saturated heterocycles. The number of thioether (sulfide) groups is 1. The minimum Gasteiger partial charge on any atom is -0.452 e. The monoisotopic (exact) mass is 365 g/mol. The first-order chi connectivity index (χ1) is 11.8. The molecule has 0 bridgehead atoms. The van der Waals surface area contributed by atoms with Gasteiger partial charge in [0.15, 0.2) is 6.10 Å². The van der Waals surface area contributed by atoms with Crippen LogP contribution in [0.5, 0.6) is 0 Å². The number of esters is 1. The molecule has 0 saturated carbocycles. The van der Waals surface area contributed by atoms with Gasteiger partial charge in [0.05, 0.1) is 22.8 Å². The van der Waals surface area contributed by atoms with Crippen molar-refractivity contribution < 1.29 is 18.7 Å². The number of nitrogens with one attached hydrogen (secondary N) is 1. The van der Waals surface area contributed by atoms with E-state index in [9.17, 15) is 14.0 Å². The third-order valence-electron chi connectivity index (χ3n) is 3.62. The first-order valence-electron chi connectivity index (χ1n) is 7.67. The number of carbonyl (C=O) groups excluding carboxylic acids is 2. The van der Waals surface area contributed by atoms with Crippen LogP contribution in [0.2, 0.25) is 0 Å². The van der Waals surface area contributed by atoms with E-state index in [0.29, 0.717) is 16.3 Å². The molecule has 2 rings (SSSR count). The van der Waals surface area contributed by atoms with Gasteiger partial charge in [0, 0.05) is 11.9 Å². The predicted molar refractivity (Wildman–Crippen MR) is 94.0 cm³/mol. The lowest BCUT2D eigenvalue weighted by Crippen LogP contribution is -2.30. The van der Waals surface area contributed by atoms with Crippen molar-refractivity contribution in [2.75, 3.05) is 11.1 Å². The van der Waals surface area contributed by atoms with E-state index >= 15 is 0 Å². The molecule has 0 aliphatic heterocycles. The Kier molecular flexibility index (Phi) is 6.19. The van der Waals surface area contributed by atoms with Crippen LogP contribution >= 0.6 is 11.8 Å². The minimum atomic E-state index is -0.965. The maximum absolute atomic E-state index is 13.5. The second-order valence-corrected chi connectivity index (χ2v) is 6.53. The lowest BCUT2D eigenvalue weighted by atomic mass is 10.3. The lowest BCUT2D eigenvalue weighted by Gasteiger charge is -2.13. The van der Waals surface area contributed by atoms with Crippen LogP contribution in [0.1, 0.15) is 18.3 Å². The Hall–Kier alpha value is -2.35. The first kappa shape index (κ1) is 19.0. The highest BCUT2D eigenvalue weighted by molar-refractivity contribution is 8.00. The third kappa shape index (κ3) is 4.82. The zero-order chi connectivity index (χ0) is 18.6. The molecular weight excluding hydrogens is 345 g/mol. The van der Waals surface area contributed by atoms with Gasteiger partial charge in [0.2, 0.25) is 0 Å². The van der Waals surface area contributed by atoms with Crippen LogP contribution in [0.4, 0.5) is 10.1 Å². The van der Waals surface area contributed by atoms with Gasteiger partial charge >= 0.3 is 5.97 Å². The van der Waals surface area contributed by atoms with Crippen molar-refractivity contribution in [1.29, 1.82) is 0 Å². The number of aryl methyl sites for hydroxylation is 2. The zero-order valence-corrected chi connectivity index (χ0v) is 15.3. The van der Waals surface area contributed by atoms with Gasteiger partial charge in [0.25, 0.3) is 5.91 Å². The molecule has 1 amide bonds. The number of halogens is 1. The van der Waals surface area contributed by atoms with Gasteiger partial charge in [-0.1, -0.05) is 12.1 Å². The molecule has 1 N–H and O–H groups in total. The molecule has 0 aliphatic rings. The summed E-state index contributed by atoms with van der Waals surface area (Å²) in [5.74, 6) is -1.50. The molecule has 8 heteroatoms. The van der Waals surface area contributed by atoms with E-state index in [2.05, 4.69) is 10.4 Å². The third-order valence-corrected chi connectivity index (χ3v) is 4.64. The summed E-state index contributed by atoms with van der Waals surface area (Å²) in [4.78, 5) is 24.4. The Labute approximate surface area is 149 Å². The second kappa shape index (κ2) is 8.15. The van der Waals surface area contributed by atoms with Crippen molar-refractivity contribution in [2.24, 2.45) is 7.05 Å².